The van der Waals surface area contributed by atoms with Crippen molar-refractivity contribution in [1.82, 2.24) is 0 Å². The molecule has 0 bridgehead atoms. The Labute approximate surface area is 96.7 Å². The third-order valence-corrected chi connectivity index (χ3v) is 2.43. The number of carbonyl (C=O) groups excluding carboxylic acids is 1. The molecule has 0 saturated carbocycles. The number of methoxy groups -OCH3 is 1. The fourth-order valence-electron chi connectivity index (χ4n) is 1.62. The second-order valence-corrected chi connectivity index (χ2v) is 3.48. The summed E-state index contributed by atoms with van der Waals surface area (Å²) in [4.78, 5) is 11.2. The van der Waals surface area contributed by atoms with Crippen molar-refractivity contribution in [2.24, 2.45) is 0 Å². The number of hydrogen-bond acceptors (Lipinski definition) is 5. The molecule has 1 aliphatic heterocycles. The van der Waals surface area contributed by atoms with E-state index in [4.69, 9.17) is 9.47 Å². The summed E-state index contributed by atoms with van der Waals surface area (Å²) in [6.07, 6.45) is -1.51. The third-order valence-electron chi connectivity index (χ3n) is 2.43. The van der Waals surface area contributed by atoms with E-state index in [2.05, 4.69) is 4.74 Å². The van der Waals surface area contributed by atoms with Crippen LogP contribution in [0.3, 0.4) is 0 Å². The summed E-state index contributed by atoms with van der Waals surface area (Å²) in [5.41, 5.74) is 0.451. The summed E-state index contributed by atoms with van der Waals surface area (Å²) >= 11 is 0. The van der Waals surface area contributed by atoms with Gasteiger partial charge in [-0.15, -0.1) is 0 Å². The van der Waals surface area contributed by atoms with E-state index in [1.165, 1.54) is 12.1 Å². The minimum Gasteiger partial charge on any atom is -0.467 e. The molecule has 0 aliphatic carbocycles. The zero-order chi connectivity index (χ0) is 12.4. The van der Waals surface area contributed by atoms with E-state index in [0.717, 1.165) is 7.11 Å². The minimum absolute atomic E-state index is 0.0219. The van der Waals surface area contributed by atoms with Crippen LogP contribution in [0, 0.1) is 0 Å². The van der Waals surface area contributed by atoms with Crippen molar-refractivity contribution in [3.63, 3.8) is 0 Å². The van der Waals surface area contributed by atoms with Crippen LogP contribution in [0.5, 0.6) is 11.5 Å². The average molecular weight is 242 g/mol. The molecule has 92 valence electrons. The lowest BCUT2D eigenvalue weighted by molar-refractivity contribution is -0.150. The van der Waals surface area contributed by atoms with Gasteiger partial charge in [-0.1, -0.05) is 0 Å². The number of rotatable bonds is 3. The predicted molar refractivity (Wildman–Crippen MR) is 54.4 cm³/mol. The highest BCUT2D eigenvalue weighted by Crippen LogP contribution is 2.40. The van der Waals surface area contributed by atoms with Crippen molar-refractivity contribution >= 4 is 5.97 Å². The molecule has 5 nitrogen and oxygen atoms in total. The highest BCUT2D eigenvalue weighted by atomic mass is 19.1. The number of halogens is 1. The van der Waals surface area contributed by atoms with Gasteiger partial charge in [-0.25, -0.2) is 9.18 Å². The zero-order valence-corrected chi connectivity index (χ0v) is 9.10. The largest absolute Gasteiger partial charge is 0.467 e. The Morgan fingerprint density at radius 2 is 2.35 bits per heavy atom. The average Bonchev–Trinajstić information content (AvgIpc) is 2.83. The molecule has 1 aliphatic rings. The Kier molecular flexibility index (Phi) is 3.14. The van der Waals surface area contributed by atoms with E-state index in [1.807, 2.05) is 0 Å². The molecule has 0 spiro atoms. The quantitative estimate of drug-likeness (QED) is 0.804. The second-order valence-electron chi connectivity index (χ2n) is 3.48. The molecule has 2 rings (SSSR count). The van der Waals surface area contributed by atoms with E-state index in [9.17, 15) is 14.3 Å². The van der Waals surface area contributed by atoms with Crippen molar-refractivity contribution in [3.8, 4) is 11.5 Å². The maximum atomic E-state index is 12.6. The van der Waals surface area contributed by atoms with Gasteiger partial charge in [0.05, 0.1) is 7.11 Å². The normalized spacial score (nSPS) is 14.5. The SMILES string of the molecule is COC(=O)C(O)c1cc(CF)cc2c1OCO2. The highest BCUT2D eigenvalue weighted by Gasteiger charge is 2.28. The van der Waals surface area contributed by atoms with Crippen molar-refractivity contribution in [2.45, 2.75) is 12.8 Å². The molecule has 0 amide bonds. The molecule has 1 N–H and O–H groups in total. The standard InChI is InChI=1S/C11H11FO5/c1-15-11(14)9(13)7-2-6(4-12)3-8-10(7)17-5-16-8/h2-3,9,13H,4-5H2,1H3. The Morgan fingerprint density at radius 1 is 1.59 bits per heavy atom. The minimum atomic E-state index is -1.51. The molecule has 0 aromatic heterocycles. The predicted octanol–water partition coefficient (Wildman–Crippen LogP) is 1.09. The van der Waals surface area contributed by atoms with E-state index in [-0.39, 0.29) is 18.1 Å². The molecule has 1 aromatic carbocycles. The van der Waals surface area contributed by atoms with E-state index < -0.39 is 18.7 Å². The molecule has 0 fully saturated rings. The van der Waals surface area contributed by atoms with Gasteiger partial charge >= 0.3 is 5.97 Å². The van der Waals surface area contributed by atoms with Crippen molar-refractivity contribution in [2.75, 3.05) is 13.9 Å². The lowest BCUT2D eigenvalue weighted by Crippen LogP contribution is -2.14. The van der Waals surface area contributed by atoms with Crippen LogP contribution in [-0.2, 0) is 16.2 Å². The van der Waals surface area contributed by atoms with E-state index in [1.54, 1.807) is 0 Å². The number of esters is 1. The number of hydrogen-bond donors (Lipinski definition) is 1. The van der Waals surface area contributed by atoms with Gasteiger partial charge in [0.25, 0.3) is 0 Å². The van der Waals surface area contributed by atoms with Crippen LogP contribution in [0.4, 0.5) is 4.39 Å². The topological polar surface area (TPSA) is 65.0 Å². The maximum absolute atomic E-state index is 12.6. The van der Waals surface area contributed by atoms with Crippen LogP contribution in [0.15, 0.2) is 12.1 Å². The van der Waals surface area contributed by atoms with Crippen LogP contribution >= 0.6 is 0 Å². The van der Waals surface area contributed by atoms with Crippen LogP contribution in [0.2, 0.25) is 0 Å². The van der Waals surface area contributed by atoms with Gasteiger partial charge in [0.1, 0.15) is 6.67 Å². The molecular formula is C11H11FO5. The van der Waals surface area contributed by atoms with Crippen LogP contribution in [0.25, 0.3) is 0 Å². The molecular weight excluding hydrogens is 231 g/mol. The number of carbonyl (C=O) groups is 1. The first-order valence-corrected chi connectivity index (χ1v) is 4.91. The number of aliphatic hydroxyl groups is 1. The fraction of sp³-hybridized carbons (Fsp3) is 0.364. The first-order valence-electron chi connectivity index (χ1n) is 4.91. The van der Waals surface area contributed by atoms with Gasteiger partial charge in [-0.05, 0) is 17.7 Å². The molecule has 1 aromatic rings. The van der Waals surface area contributed by atoms with Gasteiger partial charge < -0.3 is 19.3 Å². The lowest BCUT2D eigenvalue weighted by Gasteiger charge is -2.12. The van der Waals surface area contributed by atoms with Gasteiger partial charge in [0.15, 0.2) is 17.6 Å². The summed E-state index contributed by atoms with van der Waals surface area (Å²) in [5.74, 6) is -0.267. The molecule has 17 heavy (non-hydrogen) atoms. The van der Waals surface area contributed by atoms with Crippen molar-refractivity contribution in [1.29, 1.82) is 0 Å². The van der Waals surface area contributed by atoms with E-state index in [0.29, 0.717) is 11.3 Å². The molecule has 0 radical (unpaired) electrons. The van der Waals surface area contributed by atoms with E-state index >= 15 is 0 Å². The Balaban J connectivity index is 2.45. The summed E-state index contributed by atoms with van der Waals surface area (Å²) in [6.45, 7) is -0.747. The van der Waals surface area contributed by atoms with Gasteiger partial charge in [0, 0.05) is 5.56 Å². The van der Waals surface area contributed by atoms with Crippen LogP contribution in [-0.4, -0.2) is 25.0 Å². The van der Waals surface area contributed by atoms with Gasteiger partial charge in [-0.3, -0.25) is 0 Å². The number of alkyl halides is 1. The first-order chi connectivity index (χ1) is 8.17. The maximum Gasteiger partial charge on any atom is 0.339 e. The summed E-state index contributed by atoms with van der Waals surface area (Å²) in [7, 11) is 1.15. The van der Waals surface area contributed by atoms with Crippen molar-refractivity contribution in [3.05, 3.63) is 23.3 Å². The third kappa shape index (κ3) is 2.03. The number of aliphatic hydroxyl groups excluding tert-OH is 1. The zero-order valence-electron chi connectivity index (χ0n) is 9.10. The molecule has 1 heterocycles. The Bertz CT molecular complexity index is 446. The van der Waals surface area contributed by atoms with Gasteiger partial charge in [-0.2, -0.15) is 0 Å². The summed E-state index contributed by atoms with van der Waals surface area (Å²) < 4.78 is 27.3. The van der Waals surface area contributed by atoms with Crippen LogP contribution in [0.1, 0.15) is 17.2 Å². The number of fused-ring (bicyclic) bond motifs is 1. The number of ether oxygens (including phenoxy) is 3. The highest BCUT2D eigenvalue weighted by molar-refractivity contribution is 5.78. The Hall–Kier alpha value is -1.82. The molecule has 6 heteroatoms. The smallest absolute Gasteiger partial charge is 0.339 e. The molecule has 0 saturated heterocycles. The van der Waals surface area contributed by atoms with Crippen LogP contribution < -0.4 is 9.47 Å². The van der Waals surface area contributed by atoms with Crippen molar-refractivity contribution < 1.29 is 28.5 Å². The first kappa shape index (κ1) is 11.7. The number of benzene rings is 1. The monoisotopic (exact) mass is 242 g/mol. The second kappa shape index (κ2) is 4.58. The Morgan fingerprint density at radius 3 is 3.00 bits per heavy atom. The summed E-state index contributed by atoms with van der Waals surface area (Å²) in [6, 6.07) is 2.82. The van der Waals surface area contributed by atoms with Gasteiger partial charge in [0.2, 0.25) is 6.79 Å². The molecule has 1 unspecified atom stereocenters. The summed E-state index contributed by atoms with van der Waals surface area (Å²) in [5, 5.41) is 9.74. The molecule has 1 atom stereocenters. The fourth-order valence-corrected chi connectivity index (χ4v) is 1.62. The lowest BCUT2D eigenvalue weighted by atomic mass is 10.0.